The Hall–Kier alpha value is -1.63. The number of carbonyl (C=O) groups excluding carboxylic acids is 1. The highest BCUT2D eigenvalue weighted by molar-refractivity contribution is 5.78. The van der Waals surface area contributed by atoms with E-state index in [2.05, 4.69) is 33.8 Å². The van der Waals surface area contributed by atoms with E-state index in [1.54, 1.807) is 0 Å². The Morgan fingerprint density at radius 2 is 1.87 bits per heavy atom. The largest absolute Gasteiger partial charge is 0.342 e. The SMILES string of the molecule is CC(C)c1noc(N2CCCN(CC(=O)N3CCCC3)CC2)n1. The van der Waals surface area contributed by atoms with Crippen molar-refractivity contribution in [3.8, 4) is 0 Å². The molecule has 2 fully saturated rings. The zero-order valence-electron chi connectivity index (χ0n) is 14.2. The molecule has 0 aromatic carbocycles. The van der Waals surface area contributed by atoms with E-state index >= 15 is 0 Å². The molecule has 0 bridgehead atoms. The second-order valence-corrected chi connectivity index (χ2v) is 6.79. The van der Waals surface area contributed by atoms with Crippen LogP contribution in [0.5, 0.6) is 0 Å². The van der Waals surface area contributed by atoms with E-state index in [1.165, 1.54) is 0 Å². The fourth-order valence-corrected chi connectivity index (χ4v) is 3.17. The Morgan fingerprint density at radius 1 is 1.09 bits per heavy atom. The van der Waals surface area contributed by atoms with Gasteiger partial charge in [-0.25, -0.2) is 0 Å². The number of amides is 1. The van der Waals surface area contributed by atoms with Gasteiger partial charge in [0.05, 0.1) is 6.54 Å². The summed E-state index contributed by atoms with van der Waals surface area (Å²) >= 11 is 0. The van der Waals surface area contributed by atoms with Gasteiger partial charge in [0, 0.05) is 45.2 Å². The zero-order valence-corrected chi connectivity index (χ0v) is 14.2. The minimum Gasteiger partial charge on any atom is -0.342 e. The maximum atomic E-state index is 12.3. The lowest BCUT2D eigenvalue weighted by atomic mass is 10.2. The van der Waals surface area contributed by atoms with Crippen LogP contribution in [0.25, 0.3) is 0 Å². The molecule has 2 aliphatic heterocycles. The number of carbonyl (C=O) groups is 1. The van der Waals surface area contributed by atoms with Gasteiger partial charge in [-0.1, -0.05) is 19.0 Å². The lowest BCUT2D eigenvalue weighted by Gasteiger charge is -2.23. The van der Waals surface area contributed by atoms with Crippen molar-refractivity contribution < 1.29 is 9.32 Å². The Morgan fingerprint density at radius 3 is 2.57 bits per heavy atom. The van der Waals surface area contributed by atoms with E-state index in [0.717, 1.165) is 64.4 Å². The minimum absolute atomic E-state index is 0.272. The average molecular weight is 321 g/mol. The Kier molecular flexibility index (Phi) is 5.15. The second kappa shape index (κ2) is 7.29. The summed E-state index contributed by atoms with van der Waals surface area (Å²) in [5.74, 6) is 1.30. The van der Waals surface area contributed by atoms with Crippen molar-refractivity contribution >= 4 is 11.9 Å². The Bertz CT molecular complexity index is 524. The molecule has 0 unspecified atom stereocenters. The van der Waals surface area contributed by atoms with Crippen LogP contribution < -0.4 is 4.90 Å². The molecule has 0 N–H and O–H groups in total. The molecule has 0 spiro atoms. The summed E-state index contributed by atoms with van der Waals surface area (Å²) in [6.07, 6.45) is 3.30. The van der Waals surface area contributed by atoms with Gasteiger partial charge in [0.25, 0.3) is 0 Å². The van der Waals surface area contributed by atoms with E-state index in [1.807, 2.05) is 4.90 Å². The maximum absolute atomic E-state index is 12.3. The molecule has 3 rings (SSSR count). The first-order chi connectivity index (χ1) is 11.1. The molecule has 0 radical (unpaired) electrons. The third-order valence-electron chi connectivity index (χ3n) is 4.62. The van der Waals surface area contributed by atoms with Gasteiger partial charge in [0.15, 0.2) is 5.82 Å². The van der Waals surface area contributed by atoms with Crippen molar-refractivity contribution in [3.05, 3.63) is 5.82 Å². The van der Waals surface area contributed by atoms with Crippen molar-refractivity contribution in [1.82, 2.24) is 19.9 Å². The number of rotatable bonds is 4. The lowest BCUT2D eigenvalue weighted by molar-refractivity contribution is -0.131. The van der Waals surface area contributed by atoms with Crippen LogP contribution in [0.2, 0.25) is 0 Å². The summed E-state index contributed by atoms with van der Waals surface area (Å²) in [4.78, 5) is 23.1. The molecule has 7 nitrogen and oxygen atoms in total. The molecule has 0 atom stereocenters. The molecule has 2 aliphatic rings. The van der Waals surface area contributed by atoms with Crippen LogP contribution in [0.4, 0.5) is 6.01 Å². The van der Waals surface area contributed by atoms with Gasteiger partial charge in [-0.3, -0.25) is 9.69 Å². The van der Waals surface area contributed by atoms with E-state index in [-0.39, 0.29) is 11.8 Å². The fourth-order valence-electron chi connectivity index (χ4n) is 3.17. The van der Waals surface area contributed by atoms with Gasteiger partial charge >= 0.3 is 6.01 Å². The monoisotopic (exact) mass is 321 g/mol. The first kappa shape index (κ1) is 16.2. The van der Waals surface area contributed by atoms with Crippen LogP contribution in [-0.2, 0) is 4.79 Å². The maximum Gasteiger partial charge on any atom is 0.324 e. The third-order valence-corrected chi connectivity index (χ3v) is 4.62. The molecule has 1 amide bonds. The molecule has 1 aromatic heterocycles. The lowest BCUT2D eigenvalue weighted by Crippen LogP contribution is -2.40. The summed E-state index contributed by atoms with van der Waals surface area (Å²) < 4.78 is 5.39. The number of nitrogens with zero attached hydrogens (tertiary/aromatic N) is 5. The first-order valence-electron chi connectivity index (χ1n) is 8.72. The Balaban J connectivity index is 1.53. The Labute approximate surface area is 137 Å². The molecule has 128 valence electrons. The van der Waals surface area contributed by atoms with E-state index in [0.29, 0.717) is 12.6 Å². The average Bonchev–Trinajstić information content (AvgIpc) is 3.17. The van der Waals surface area contributed by atoms with Crippen LogP contribution in [0.3, 0.4) is 0 Å². The number of anilines is 1. The molecular weight excluding hydrogens is 294 g/mol. The van der Waals surface area contributed by atoms with Gasteiger partial charge in [-0.05, 0) is 19.3 Å². The van der Waals surface area contributed by atoms with Crippen LogP contribution in [0.15, 0.2) is 4.52 Å². The number of aromatic nitrogens is 2. The molecular formula is C16H27N5O2. The topological polar surface area (TPSA) is 65.7 Å². The number of hydrogen-bond acceptors (Lipinski definition) is 6. The highest BCUT2D eigenvalue weighted by Gasteiger charge is 2.24. The zero-order chi connectivity index (χ0) is 16.2. The number of hydrogen-bond donors (Lipinski definition) is 0. The van der Waals surface area contributed by atoms with Crippen LogP contribution in [-0.4, -0.2) is 71.7 Å². The molecule has 0 saturated carbocycles. The molecule has 2 saturated heterocycles. The quantitative estimate of drug-likeness (QED) is 0.833. The second-order valence-electron chi connectivity index (χ2n) is 6.79. The van der Waals surface area contributed by atoms with Gasteiger partial charge in [-0.15, -0.1) is 0 Å². The van der Waals surface area contributed by atoms with Crippen molar-refractivity contribution in [1.29, 1.82) is 0 Å². The summed E-state index contributed by atoms with van der Waals surface area (Å²) in [7, 11) is 0. The summed E-state index contributed by atoms with van der Waals surface area (Å²) in [5.41, 5.74) is 0. The predicted octanol–water partition coefficient (Wildman–Crippen LogP) is 1.33. The van der Waals surface area contributed by atoms with Crippen LogP contribution in [0.1, 0.15) is 44.9 Å². The van der Waals surface area contributed by atoms with Crippen molar-refractivity contribution in [2.24, 2.45) is 0 Å². The van der Waals surface area contributed by atoms with Gasteiger partial charge in [-0.2, -0.15) is 4.98 Å². The standard InChI is InChI=1S/C16H27N5O2/c1-13(2)15-17-16(23-18-15)21-9-5-6-19(10-11-21)12-14(22)20-7-3-4-8-20/h13H,3-12H2,1-2H3. The highest BCUT2D eigenvalue weighted by Crippen LogP contribution is 2.18. The summed E-state index contributed by atoms with van der Waals surface area (Å²) in [6.45, 7) is 10.0. The molecule has 3 heterocycles. The third kappa shape index (κ3) is 4.02. The van der Waals surface area contributed by atoms with Crippen LogP contribution >= 0.6 is 0 Å². The minimum atomic E-state index is 0.272. The predicted molar refractivity (Wildman–Crippen MR) is 87.5 cm³/mol. The fraction of sp³-hybridized carbons (Fsp3) is 0.812. The normalized spacial score (nSPS) is 20.3. The van der Waals surface area contributed by atoms with Gasteiger partial charge in [0.1, 0.15) is 0 Å². The molecule has 23 heavy (non-hydrogen) atoms. The summed E-state index contributed by atoms with van der Waals surface area (Å²) in [6, 6.07) is 0.612. The van der Waals surface area contributed by atoms with Crippen molar-refractivity contribution in [2.75, 3.05) is 50.7 Å². The first-order valence-corrected chi connectivity index (χ1v) is 8.72. The molecule has 1 aromatic rings. The smallest absolute Gasteiger partial charge is 0.324 e. The number of likely N-dealkylation sites (tertiary alicyclic amines) is 1. The molecule has 0 aliphatic carbocycles. The van der Waals surface area contributed by atoms with Crippen molar-refractivity contribution in [3.63, 3.8) is 0 Å². The van der Waals surface area contributed by atoms with E-state index in [9.17, 15) is 4.79 Å². The van der Waals surface area contributed by atoms with E-state index < -0.39 is 0 Å². The summed E-state index contributed by atoms with van der Waals surface area (Å²) in [5, 5.41) is 4.04. The van der Waals surface area contributed by atoms with Crippen LogP contribution in [0, 0.1) is 0 Å². The van der Waals surface area contributed by atoms with Crippen molar-refractivity contribution in [2.45, 2.75) is 39.0 Å². The van der Waals surface area contributed by atoms with E-state index in [4.69, 9.17) is 4.52 Å². The van der Waals surface area contributed by atoms with Gasteiger partial charge < -0.3 is 14.3 Å². The molecule has 7 heteroatoms. The van der Waals surface area contributed by atoms with Gasteiger partial charge in [0.2, 0.25) is 5.91 Å². The highest BCUT2D eigenvalue weighted by atomic mass is 16.5.